The Hall–Kier alpha value is -1.07. The van der Waals surface area contributed by atoms with Crippen molar-refractivity contribution in [1.82, 2.24) is 4.72 Å². The highest BCUT2D eigenvalue weighted by atomic mass is 32.2. The van der Waals surface area contributed by atoms with Gasteiger partial charge in [0.1, 0.15) is 0 Å². The predicted molar refractivity (Wildman–Crippen MR) is 72.7 cm³/mol. The van der Waals surface area contributed by atoms with E-state index in [4.69, 9.17) is 5.73 Å². The van der Waals surface area contributed by atoms with Crippen LogP contribution in [-0.2, 0) is 10.0 Å². The number of aryl methyl sites for hydroxylation is 1. The highest BCUT2D eigenvalue weighted by molar-refractivity contribution is 7.89. The third-order valence-electron chi connectivity index (χ3n) is 3.73. The number of hydrogen-bond acceptors (Lipinski definition) is 3. The molecule has 0 amide bonds. The topological polar surface area (TPSA) is 72.2 Å². The molecule has 0 unspecified atom stereocenters. The maximum atomic E-state index is 12.2. The number of nitrogens with two attached hydrogens (primary N) is 1. The average Bonchev–Trinajstić information content (AvgIpc) is 3.06. The van der Waals surface area contributed by atoms with Crippen LogP contribution in [-0.4, -0.2) is 15.0 Å². The molecule has 0 saturated heterocycles. The molecule has 1 aliphatic carbocycles. The Balaban J connectivity index is 2.15. The summed E-state index contributed by atoms with van der Waals surface area (Å²) in [4.78, 5) is 0.256. The van der Waals surface area contributed by atoms with E-state index >= 15 is 0 Å². The molecule has 3 N–H and O–H groups in total. The van der Waals surface area contributed by atoms with Gasteiger partial charge in [-0.2, -0.15) is 0 Å². The molecule has 0 atom stereocenters. The largest absolute Gasteiger partial charge is 0.399 e. The van der Waals surface area contributed by atoms with Gasteiger partial charge < -0.3 is 5.73 Å². The minimum Gasteiger partial charge on any atom is -0.399 e. The summed E-state index contributed by atoms with van der Waals surface area (Å²) < 4.78 is 27.0. The SMILES string of the molecule is CCC1(CNS(=O)(=O)c2cc(C)cc(N)c2)CC1. The summed E-state index contributed by atoms with van der Waals surface area (Å²) in [7, 11) is -3.44. The smallest absolute Gasteiger partial charge is 0.240 e. The van der Waals surface area contributed by atoms with Crippen molar-refractivity contribution < 1.29 is 8.42 Å². The van der Waals surface area contributed by atoms with Crippen molar-refractivity contribution >= 4 is 15.7 Å². The summed E-state index contributed by atoms with van der Waals surface area (Å²) in [5.74, 6) is 0. The first-order valence-corrected chi connectivity index (χ1v) is 7.72. The molecule has 1 saturated carbocycles. The van der Waals surface area contributed by atoms with E-state index in [2.05, 4.69) is 11.6 Å². The first kappa shape index (κ1) is 13.4. The summed E-state index contributed by atoms with van der Waals surface area (Å²) in [6.07, 6.45) is 3.25. The molecule has 1 aliphatic rings. The van der Waals surface area contributed by atoms with Crippen LogP contribution in [0.3, 0.4) is 0 Å². The summed E-state index contributed by atoms with van der Waals surface area (Å²) in [5, 5.41) is 0. The molecule has 0 heterocycles. The second-order valence-corrected chi connectivity index (χ2v) is 7.02. The van der Waals surface area contributed by atoms with E-state index in [0.29, 0.717) is 12.2 Å². The van der Waals surface area contributed by atoms with Crippen LogP contribution < -0.4 is 10.5 Å². The second-order valence-electron chi connectivity index (χ2n) is 5.26. The lowest BCUT2D eigenvalue weighted by molar-refractivity contribution is 0.475. The first-order chi connectivity index (χ1) is 8.37. The fraction of sp³-hybridized carbons (Fsp3) is 0.538. The van der Waals surface area contributed by atoms with Gasteiger partial charge >= 0.3 is 0 Å². The Morgan fingerprint density at radius 2 is 2.00 bits per heavy atom. The van der Waals surface area contributed by atoms with Crippen LogP contribution in [0.1, 0.15) is 31.7 Å². The Labute approximate surface area is 109 Å². The molecule has 18 heavy (non-hydrogen) atoms. The quantitative estimate of drug-likeness (QED) is 0.803. The molecule has 100 valence electrons. The van der Waals surface area contributed by atoms with Crippen molar-refractivity contribution in [2.24, 2.45) is 5.41 Å². The van der Waals surface area contributed by atoms with E-state index in [1.54, 1.807) is 12.1 Å². The number of rotatable bonds is 5. The van der Waals surface area contributed by atoms with Crippen molar-refractivity contribution in [3.8, 4) is 0 Å². The van der Waals surface area contributed by atoms with Gasteiger partial charge in [-0.3, -0.25) is 0 Å². The fourth-order valence-electron chi connectivity index (χ4n) is 2.10. The van der Waals surface area contributed by atoms with E-state index in [9.17, 15) is 8.42 Å². The van der Waals surface area contributed by atoms with E-state index in [-0.39, 0.29) is 10.3 Å². The van der Waals surface area contributed by atoms with Gasteiger partial charge in [0, 0.05) is 12.2 Å². The highest BCUT2D eigenvalue weighted by Gasteiger charge is 2.41. The minimum atomic E-state index is -3.44. The zero-order valence-corrected chi connectivity index (χ0v) is 11.7. The third-order valence-corrected chi connectivity index (χ3v) is 5.11. The minimum absolute atomic E-state index is 0.197. The number of benzene rings is 1. The maximum Gasteiger partial charge on any atom is 0.240 e. The molecule has 0 spiro atoms. The van der Waals surface area contributed by atoms with E-state index in [1.165, 1.54) is 6.07 Å². The van der Waals surface area contributed by atoms with Crippen molar-refractivity contribution in [1.29, 1.82) is 0 Å². The zero-order chi connectivity index (χ0) is 13.4. The number of sulfonamides is 1. The molecule has 1 aromatic carbocycles. The molecule has 0 bridgehead atoms. The number of nitrogen functional groups attached to an aromatic ring is 1. The van der Waals surface area contributed by atoms with E-state index < -0.39 is 10.0 Å². The van der Waals surface area contributed by atoms with Gasteiger partial charge in [0.15, 0.2) is 0 Å². The molecular weight excluding hydrogens is 248 g/mol. The zero-order valence-electron chi connectivity index (χ0n) is 10.9. The molecule has 1 aromatic rings. The molecule has 5 heteroatoms. The van der Waals surface area contributed by atoms with Gasteiger partial charge in [0.2, 0.25) is 10.0 Å². The van der Waals surface area contributed by atoms with Crippen molar-refractivity contribution in [2.75, 3.05) is 12.3 Å². The standard InChI is InChI=1S/C13H20N2O2S/c1-3-13(4-5-13)9-15-18(16,17)12-7-10(2)6-11(14)8-12/h6-8,15H,3-5,9,14H2,1-2H3. The molecular formula is C13H20N2O2S. The summed E-state index contributed by atoms with van der Waals surface area (Å²) >= 11 is 0. The average molecular weight is 268 g/mol. The van der Waals surface area contributed by atoms with Crippen LogP contribution in [0.2, 0.25) is 0 Å². The van der Waals surface area contributed by atoms with E-state index in [0.717, 1.165) is 24.8 Å². The van der Waals surface area contributed by atoms with Gasteiger partial charge in [0.05, 0.1) is 4.90 Å². The number of nitrogens with one attached hydrogen (secondary N) is 1. The van der Waals surface area contributed by atoms with Crippen molar-refractivity contribution in [3.05, 3.63) is 23.8 Å². The monoisotopic (exact) mass is 268 g/mol. The molecule has 0 aliphatic heterocycles. The van der Waals surface area contributed by atoms with Crippen molar-refractivity contribution in [3.63, 3.8) is 0 Å². The van der Waals surface area contributed by atoms with Gasteiger partial charge in [0.25, 0.3) is 0 Å². The summed E-state index contributed by atoms with van der Waals surface area (Å²) in [6, 6.07) is 4.90. The Kier molecular flexibility index (Phi) is 3.38. The predicted octanol–water partition coefficient (Wildman–Crippen LogP) is 2.05. The van der Waals surface area contributed by atoms with Gasteiger partial charge in [-0.1, -0.05) is 6.92 Å². The molecule has 0 radical (unpaired) electrons. The van der Waals surface area contributed by atoms with Crippen molar-refractivity contribution in [2.45, 2.75) is 38.0 Å². The number of anilines is 1. The van der Waals surface area contributed by atoms with Crippen LogP contribution in [0.4, 0.5) is 5.69 Å². The van der Waals surface area contributed by atoms with E-state index in [1.807, 2.05) is 6.92 Å². The lowest BCUT2D eigenvalue weighted by atomic mass is 10.1. The molecule has 0 aromatic heterocycles. The molecule has 4 nitrogen and oxygen atoms in total. The number of hydrogen-bond donors (Lipinski definition) is 2. The maximum absolute atomic E-state index is 12.2. The highest BCUT2D eigenvalue weighted by Crippen LogP contribution is 2.48. The second kappa shape index (κ2) is 4.55. The van der Waals surface area contributed by atoms with Crippen LogP contribution in [0.5, 0.6) is 0 Å². The normalized spacial score (nSPS) is 17.7. The Bertz CT molecular complexity index is 528. The third kappa shape index (κ3) is 2.84. The summed E-state index contributed by atoms with van der Waals surface area (Å²) in [6.45, 7) is 4.47. The van der Waals surface area contributed by atoms with Gasteiger partial charge in [-0.15, -0.1) is 0 Å². The fourth-order valence-corrected chi connectivity index (χ4v) is 3.39. The van der Waals surface area contributed by atoms with Crippen LogP contribution >= 0.6 is 0 Å². The first-order valence-electron chi connectivity index (χ1n) is 6.24. The van der Waals surface area contributed by atoms with Crippen LogP contribution in [0, 0.1) is 12.3 Å². The Morgan fingerprint density at radius 3 is 2.50 bits per heavy atom. The van der Waals surface area contributed by atoms with Crippen LogP contribution in [0.25, 0.3) is 0 Å². The van der Waals surface area contributed by atoms with Crippen LogP contribution in [0.15, 0.2) is 23.1 Å². The molecule has 2 rings (SSSR count). The molecule has 1 fully saturated rings. The Morgan fingerprint density at radius 1 is 1.33 bits per heavy atom. The van der Waals surface area contributed by atoms with Gasteiger partial charge in [-0.05, 0) is 55.4 Å². The lowest BCUT2D eigenvalue weighted by Gasteiger charge is -2.14. The van der Waals surface area contributed by atoms with Gasteiger partial charge in [-0.25, -0.2) is 13.1 Å². The summed E-state index contributed by atoms with van der Waals surface area (Å²) in [5.41, 5.74) is 7.21. The lowest BCUT2D eigenvalue weighted by Crippen LogP contribution is -2.30.